The summed E-state index contributed by atoms with van der Waals surface area (Å²) in [4.78, 5) is 0.417. The Hall–Kier alpha value is -1.15. The second-order valence-corrected chi connectivity index (χ2v) is 9.69. The third-order valence-corrected chi connectivity index (χ3v) is 8.28. The Kier molecular flexibility index (Phi) is 4.75. The van der Waals surface area contributed by atoms with Crippen LogP contribution in [-0.2, 0) is 27.6 Å². The van der Waals surface area contributed by atoms with E-state index in [-0.39, 0.29) is 12.5 Å². The Morgan fingerprint density at radius 3 is 2.77 bits per heavy atom. The Bertz CT molecular complexity index is 793. The molecule has 0 bridgehead atoms. The van der Waals surface area contributed by atoms with Crippen LogP contribution in [0.15, 0.2) is 17.0 Å². The molecule has 26 heavy (non-hydrogen) atoms. The van der Waals surface area contributed by atoms with Gasteiger partial charge in [-0.3, -0.25) is 0 Å². The van der Waals surface area contributed by atoms with E-state index in [0.717, 1.165) is 49.0 Å². The molecule has 2 aliphatic heterocycles. The summed E-state index contributed by atoms with van der Waals surface area (Å²) in [5.41, 5.74) is 1.49. The average molecular weight is 381 g/mol. The van der Waals surface area contributed by atoms with Crippen LogP contribution >= 0.6 is 0 Å². The molecule has 0 radical (unpaired) electrons. The van der Waals surface area contributed by atoms with Crippen molar-refractivity contribution in [3.8, 4) is 5.75 Å². The second kappa shape index (κ2) is 6.78. The maximum atomic E-state index is 13.5. The lowest BCUT2D eigenvalue weighted by molar-refractivity contribution is -0.0552. The van der Waals surface area contributed by atoms with E-state index in [1.165, 1.54) is 0 Å². The molecule has 144 valence electrons. The lowest BCUT2D eigenvalue weighted by Gasteiger charge is -2.36. The van der Waals surface area contributed by atoms with Gasteiger partial charge in [-0.25, -0.2) is 8.42 Å². The van der Waals surface area contributed by atoms with E-state index in [4.69, 9.17) is 9.47 Å². The third kappa shape index (κ3) is 2.76. The molecule has 1 aromatic rings. The van der Waals surface area contributed by atoms with Crippen molar-refractivity contribution in [2.75, 3.05) is 40.0 Å². The maximum Gasteiger partial charge on any atom is 0.243 e. The van der Waals surface area contributed by atoms with E-state index in [1.807, 2.05) is 0 Å². The summed E-state index contributed by atoms with van der Waals surface area (Å²) < 4.78 is 39.5. The fourth-order valence-corrected chi connectivity index (χ4v) is 6.69. The first kappa shape index (κ1) is 18.2. The first-order chi connectivity index (χ1) is 12.5. The highest BCUT2D eigenvalue weighted by Crippen LogP contribution is 2.44. The number of hydrogen-bond donors (Lipinski definition) is 1. The van der Waals surface area contributed by atoms with E-state index in [9.17, 15) is 13.5 Å². The van der Waals surface area contributed by atoms with Gasteiger partial charge in [0.1, 0.15) is 5.75 Å². The first-order valence-electron chi connectivity index (χ1n) is 9.39. The molecule has 1 aromatic carbocycles. The Morgan fingerprint density at radius 2 is 2.08 bits per heavy atom. The largest absolute Gasteiger partial charge is 0.496 e. The number of sulfonamides is 1. The van der Waals surface area contributed by atoms with Gasteiger partial charge in [-0.1, -0.05) is 0 Å². The minimum Gasteiger partial charge on any atom is -0.496 e. The van der Waals surface area contributed by atoms with E-state index >= 15 is 0 Å². The van der Waals surface area contributed by atoms with Gasteiger partial charge in [0.05, 0.1) is 25.2 Å². The van der Waals surface area contributed by atoms with E-state index in [1.54, 1.807) is 23.5 Å². The van der Waals surface area contributed by atoms with Crippen LogP contribution in [-0.4, -0.2) is 57.8 Å². The average Bonchev–Trinajstić information content (AvgIpc) is 3.08. The van der Waals surface area contributed by atoms with Gasteiger partial charge in [-0.15, -0.1) is 0 Å². The summed E-state index contributed by atoms with van der Waals surface area (Å²) in [6, 6.07) is 3.48. The molecule has 3 aliphatic rings. The van der Waals surface area contributed by atoms with Crippen LogP contribution < -0.4 is 4.74 Å². The minimum absolute atomic E-state index is 0.0373. The van der Waals surface area contributed by atoms with Gasteiger partial charge in [0.25, 0.3) is 0 Å². The van der Waals surface area contributed by atoms with Crippen molar-refractivity contribution in [2.24, 2.45) is 11.3 Å². The van der Waals surface area contributed by atoms with Gasteiger partial charge in [-0.05, 0) is 61.3 Å². The van der Waals surface area contributed by atoms with Gasteiger partial charge in [0.2, 0.25) is 10.0 Å². The van der Waals surface area contributed by atoms with Crippen molar-refractivity contribution in [1.82, 2.24) is 4.31 Å². The van der Waals surface area contributed by atoms with Gasteiger partial charge >= 0.3 is 0 Å². The summed E-state index contributed by atoms with van der Waals surface area (Å²) in [5.74, 6) is 0.944. The van der Waals surface area contributed by atoms with Gasteiger partial charge < -0.3 is 14.6 Å². The highest BCUT2D eigenvalue weighted by molar-refractivity contribution is 7.89. The van der Waals surface area contributed by atoms with Crippen LogP contribution in [0.3, 0.4) is 0 Å². The molecule has 1 aliphatic carbocycles. The zero-order valence-electron chi connectivity index (χ0n) is 15.2. The Morgan fingerprint density at radius 1 is 1.31 bits per heavy atom. The molecule has 7 heteroatoms. The standard InChI is InChI=1S/C19H27NO5S/c1-24-17-6-7-18(16-5-3-2-4-15(16)17)26(22,23)20-10-14-8-9-25-13-19(14,11-20)12-21/h6-7,14,21H,2-5,8-13H2,1H3/t14-,19+/m0/s1. The minimum atomic E-state index is -3.60. The van der Waals surface area contributed by atoms with Crippen LogP contribution in [0.4, 0.5) is 0 Å². The molecular weight excluding hydrogens is 354 g/mol. The molecule has 0 saturated carbocycles. The molecule has 4 rings (SSSR count). The molecule has 0 spiro atoms. The molecule has 0 unspecified atom stereocenters. The fraction of sp³-hybridized carbons (Fsp3) is 0.684. The van der Waals surface area contributed by atoms with Crippen molar-refractivity contribution < 1.29 is 23.0 Å². The Balaban J connectivity index is 1.72. The van der Waals surface area contributed by atoms with Crippen LogP contribution in [0.1, 0.15) is 30.4 Å². The second-order valence-electron chi connectivity index (χ2n) is 7.79. The lowest BCUT2D eigenvalue weighted by atomic mass is 9.76. The summed E-state index contributed by atoms with van der Waals surface area (Å²) in [5, 5.41) is 9.95. The van der Waals surface area contributed by atoms with Crippen LogP contribution in [0.25, 0.3) is 0 Å². The topological polar surface area (TPSA) is 76.1 Å². The molecule has 0 aromatic heterocycles. The van der Waals surface area contributed by atoms with E-state index in [0.29, 0.717) is 31.2 Å². The van der Waals surface area contributed by atoms with Gasteiger partial charge in [0.15, 0.2) is 0 Å². The number of rotatable bonds is 4. The van der Waals surface area contributed by atoms with Crippen LogP contribution in [0, 0.1) is 11.3 Å². The Labute approximate surface area is 155 Å². The highest BCUT2D eigenvalue weighted by Gasteiger charge is 2.51. The molecule has 0 amide bonds. The zero-order chi connectivity index (χ0) is 18.4. The van der Waals surface area contributed by atoms with E-state index < -0.39 is 15.4 Å². The molecular formula is C19H27NO5S. The number of nitrogens with zero attached hydrogens (tertiary/aromatic N) is 1. The molecule has 6 nitrogen and oxygen atoms in total. The van der Waals surface area contributed by atoms with Crippen LogP contribution in [0.2, 0.25) is 0 Å². The predicted molar refractivity (Wildman–Crippen MR) is 96.8 cm³/mol. The fourth-order valence-electron chi connectivity index (χ4n) is 4.83. The molecule has 2 atom stereocenters. The number of methoxy groups -OCH3 is 1. The monoisotopic (exact) mass is 381 g/mol. The molecule has 2 fully saturated rings. The number of fused-ring (bicyclic) bond motifs is 2. The van der Waals surface area contributed by atoms with Gasteiger partial charge in [-0.2, -0.15) is 4.31 Å². The number of hydrogen-bond acceptors (Lipinski definition) is 5. The predicted octanol–water partition coefficient (Wildman–Crippen LogP) is 1.59. The zero-order valence-corrected chi connectivity index (χ0v) is 16.1. The van der Waals surface area contributed by atoms with Crippen molar-refractivity contribution in [3.05, 3.63) is 23.3 Å². The van der Waals surface area contributed by atoms with Crippen molar-refractivity contribution >= 4 is 10.0 Å². The summed E-state index contributed by atoms with van der Waals surface area (Å²) in [7, 11) is -1.97. The highest BCUT2D eigenvalue weighted by atomic mass is 32.2. The smallest absolute Gasteiger partial charge is 0.243 e. The lowest BCUT2D eigenvalue weighted by Crippen LogP contribution is -2.43. The first-order valence-corrected chi connectivity index (χ1v) is 10.8. The third-order valence-electron chi connectivity index (χ3n) is 6.38. The SMILES string of the molecule is COc1ccc(S(=O)(=O)N2C[C@@H]3CCOC[C@]3(CO)C2)c2c1CCCC2. The molecule has 2 heterocycles. The normalized spacial score (nSPS) is 29.2. The number of aliphatic hydroxyl groups is 1. The molecule has 2 saturated heterocycles. The molecule has 1 N–H and O–H groups in total. The van der Waals surface area contributed by atoms with Crippen molar-refractivity contribution in [1.29, 1.82) is 0 Å². The van der Waals surface area contributed by atoms with Crippen molar-refractivity contribution in [2.45, 2.75) is 37.0 Å². The summed E-state index contributed by atoms with van der Waals surface area (Å²) in [6.07, 6.45) is 4.49. The maximum absolute atomic E-state index is 13.5. The summed E-state index contributed by atoms with van der Waals surface area (Å²) >= 11 is 0. The number of benzene rings is 1. The quantitative estimate of drug-likeness (QED) is 0.857. The van der Waals surface area contributed by atoms with E-state index in [2.05, 4.69) is 0 Å². The number of aliphatic hydroxyl groups excluding tert-OH is 1. The summed E-state index contributed by atoms with van der Waals surface area (Å²) in [6.45, 7) is 1.83. The van der Waals surface area contributed by atoms with Gasteiger partial charge in [0, 0.05) is 25.1 Å². The number of ether oxygens (including phenoxy) is 2. The van der Waals surface area contributed by atoms with Crippen LogP contribution in [0.5, 0.6) is 5.75 Å². The van der Waals surface area contributed by atoms with Crippen molar-refractivity contribution in [3.63, 3.8) is 0 Å².